The van der Waals surface area contributed by atoms with E-state index in [1.54, 1.807) is 7.05 Å². The van der Waals surface area contributed by atoms with E-state index >= 15 is 0 Å². The number of hydrogen-bond donors (Lipinski definition) is 0. The largest absolute Gasteiger partial charge is 0.451 e. The van der Waals surface area contributed by atoms with Gasteiger partial charge in [0.1, 0.15) is 4.88 Å². The van der Waals surface area contributed by atoms with Gasteiger partial charge in [0, 0.05) is 18.7 Å². The minimum Gasteiger partial charge on any atom is -0.451 e. The van der Waals surface area contributed by atoms with E-state index in [0.29, 0.717) is 11.3 Å². The second-order valence-electron chi connectivity index (χ2n) is 6.67. The molecule has 0 saturated carbocycles. The molecule has 1 aromatic heterocycles. The van der Waals surface area contributed by atoms with Crippen LogP contribution in [-0.2, 0) is 19.4 Å². The molecule has 1 aliphatic heterocycles. The number of sulfone groups is 1. The smallest absolute Gasteiger partial charge is 0.349 e. The maximum atomic E-state index is 12.4. The predicted octanol–water partition coefficient (Wildman–Crippen LogP) is 2.53. The van der Waals surface area contributed by atoms with Crippen molar-refractivity contribution in [1.82, 2.24) is 4.90 Å². The van der Waals surface area contributed by atoms with Crippen molar-refractivity contribution in [3.8, 4) is 11.1 Å². The van der Waals surface area contributed by atoms with Gasteiger partial charge in [-0.1, -0.05) is 29.8 Å². The van der Waals surface area contributed by atoms with Crippen molar-refractivity contribution < 1.29 is 22.7 Å². The van der Waals surface area contributed by atoms with Crippen LogP contribution in [0.3, 0.4) is 0 Å². The molecule has 144 valence electrons. The first-order chi connectivity index (χ1) is 12.8. The summed E-state index contributed by atoms with van der Waals surface area (Å²) in [5.74, 6) is -0.907. The molecule has 1 aliphatic rings. The molecule has 1 fully saturated rings. The van der Waals surface area contributed by atoms with E-state index in [1.165, 1.54) is 16.2 Å². The quantitative estimate of drug-likeness (QED) is 0.712. The molecule has 0 spiro atoms. The fourth-order valence-corrected chi connectivity index (χ4v) is 5.59. The third-order valence-electron chi connectivity index (χ3n) is 4.69. The van der Waals surface area contributed by atoms with Crippen LogP contribution in [0, 0.1) is 6.92 Å². The third-order valence-corrected chi connectivity index (χ3v) is 7.33. The number of rotatable bonds is 5. The average molecular weight is 408 g/mol. The Morgan fingerprint density at radius 1 is 1.22 bits per heavy atom. The maximum Gasteiger partial charge on any atom is 0.349 e. The van der Waals surface area contributed by atoms with E-state index in [2.05, 4.69) is 0 Å². The molecule has 0 N–H and O–H groups in total. The average Bonchev–Trinajstić information content (AvgIpc) is 3.26. The van der Waals surface area contributed by atoms with Crippen molar-refractivity contribution in [3.05, 3.63) is 46.2 Å². The van der Waals surface area contributed by atoms with Crippen LogP contribution in [0.1, 0.15) is 21.7 Å². The molecule has 1 aromatic carbocycles. The number of likely N-dealkylation sites (N-methyl/N-ethyl adjacent to an activating group) is 1. The van der Waals surface area contributed by atoms with Crippen molar-refractivity contribution in [2.75, 3.05) is 25.2 Å². The van der Waals surface area contributed by atoms with Crippen molar-refractivity contribution in [2.24, 2.45) is 0 Å². The van der Waals surface area contributed by atoms with Gasteiger partial charge in [0.2, 0.25) is 0 Å². The lowest BCUT2D eigenvalue weighted by molar-refractivity contribution is -0.134. The van der Waals surface area contributed by atoms with Gasteiger partial charge in [-0.15, -0.1) is 11.3 Å². The Bertz CT molecular complexity index is 947. The van der Waals surface area contributed by atoms with Gasteiger partial charge < -0.3 is 9.64 Å². The number of carbonyl (C=O) groups is 2. The number of hydrogen-bond acceptors (Lipinski definition) is 6. The summed E-state index contributed by atoms with van der Waals surface area (Å²) in [6, 6.07) is 9.31. The molecule has 0 aliphatic carbocycles. The van der Waals surface area contributed by atoms with Crippen LogP contribution in [0.25, 0.3) is 11.1 Å². The minimum absolute atomic E-state index is 0.0360. The van der Waals surface area contributed by atoms with E-state index in [0.717, 1.165) is 16.7 Å². The fraction of sp³-hybridized carbons (Fsp3) is 0.368. The normalized spacial score (nSPS) is 18.2. The van der Waals surface area contributed by atoms with Gasteiger partial charge in [0.05, 0.1) is 11.5 Å². The van der Waals surface area contributed by atoms with Crippen LogP contribution in [0.5, 0.6) is 0 Å². The standard InChI is InChI=1S/C19H21NO5S2/c1-13-3-5-14(6-4-13)16-7-9-26-18(16)19(22)25-11-17(21)20(2)15-8-10-27(23,24)12-15/h3-7,9,15H,8,10-12H2,1-2H3/t15-/m1/s1. The van der Waals surface area contributed by atoms with Crippen LogP contribution >= 0.6 is 11.3 Å². The molecule has 2 heterocycles. The lowest BCUT2D eigenvalue weighted by Crippen LogP contribution is -2.40. The summed E-state index contributed by atoms with van der Waals surface area (Å²) in [6.07, 6.45) is 0.418. The number of ether oxygens (including phenoxy) is 1. The molecule has 1 amide bonds. The summed E-state index contributed by atoms with van der Waals surface area (Å²) in [4.78, 5) is 26.5. The topological polar surface area (TPSA) is 80.8 Å². The summed E-state index contributed by atoms with van der Waals surface area (Å²) in [6.45, 7) is 1.58. The molecule has 2 aromatic rings. The Balaban J connectivity index is 1.62. The fourth-order valence-electron chi connectivity index (χ4n) is 3.01. The van der Waals surface area contributed by atoms with Gasteiger partial charge in [-0.25, -0.2) is 13.2 Å². The molecule has 0 radical (unpaired) electrons. The Hall–Kier alpha value is -2.19. The SMILES string of the molecule is Cc1ccc(-c2ccsc2C(=O)OCC(=O)N(C)[C@@H]2CCS(=O)(=O)C2)cc1. The molecule has 3 rings (SSSR count). The van der Waals surface area contributed by atoms with Crippen molar-refractivity contribution in [2.45, 2.75) is 19.4 Å². The molecule has 0 unspecified atom stereocenters. The van der Waals surface area contributed by atoms with Gasteiger partial charge >= 0.3 is 5.97 Å². The first-order valence-electron chi connectivity index (χ1n) is 8.54. The molecular formula is C19H21NO5S2. The lowest BCUT2D eigenvalue weighted by atomic mass is 10.1. The Morgan fingerprint density at radius 2 is 1.93 bits per heavy atom. The van der Waals surface area contributed by atoms with Gasteiger partial charge in [-0.3, -0.25) is 4.79 Å². The van der Waals surface area contributed by atoms with Crippen LogP contribution < -0.4 is 0 Å². The van der Waals surface area contributed by atoms with Crippen LogP contribution in [0.2, 0.25) is 0 Å². The molecule has 1 atom stereocenters. The molecule has 1 saturated heterocycles. The number of amides is 1. The summed E-state index contributed by atoms with van der Waals surface area (Å²) in [5.41, 5.74) is 2.81. The second kappa shape index (κ2) is 7.82. The number of aryl methyl sites for hydroxylation is 1. The van der Waals surface area contributed by atoms with Crippen LogP contribution in [0.15, 0.2) is 35.7 Å². The summed E-state index contributed by atoms with van der Waals surface area (Å²) in [7, 11) is -1.53. The lowest BCUT2D eigenvalue weighted by Gasteiger charge is -2.23. The zero-order valence-corrected chi connectivity index (χ0v) is 16.8. The molecular weight excluding hydrogens is 386 g/mol. The number of thiophene rings is 1. The van der Waals surface area contributed by atoms with Gasteiger partial charge in [-0.2, -0.15) is 0 Å². The van der Waals surface area contributed by atoms with Crippen molar-refractivity contribution >= 4 is 33.1 Å². The maximum absolute atomic E-state index is 12.4. The Labute approximate surface area is 162 Å². The number of carbonyl (C=O) groups excluding carboxylic acids is 2. The minimum atomic E-state index is -3.08. The van der Waals surface area contributed by atoms with E-state index in [9.17, 15) is 18.0 Å². The molecule has 27 heavy (non-hydrogen) atoms. The zero-order valence-electron chi connectivity index (χ0n) is 15.2. The molecule has 0 bridgehead atoms. The van der Waals surface area contributed by atoms with Crippen LogP contribution in [0.4, 0.5) is 0 Å². The van der Waals surface area contributed by atoms with E-state index in [-0.39, 0.29) is 17.5 Å². The highest BCUT2D eigenvalue weighted by molar-refractivity contribution is 7.91. The zero-order chi connectivity index (χ0) is 19.6. The van der Waals surface area contributed by atoms with Crippen LogP contribution in [-0.4, -0.2) is 56.4 Å². The number of esters is 1. The number of nitrogens with zero attached hydrogens (tertiary/aromatic N) is 1. The van der Waals surface area contributed by atoms with Gasteiger partial charge in [0.15, 0.2) is 16.4 Å². The highest BCUT2D eigenvalue weighted by Crippen LogP contribution is 2.29. The van der Waals surface area contributed by atoms with Gasteiger partial charge in [-0.05, 0) is 30.4 Å². The highest BCUT2D eigenvalue weighted by atomic mass is 32.2. The van der Waals surface area contributed by atoms with Gasteiger partial charge in [0.25, 0.3) is 5.91 Å². The first-order valence-corrected chi connectivity index (χ1v) is 11.2. The van der Waals surface area contributed by atoms with E-state index < -0.39 is 28.3 Å². The third kappa shape index (κ3) is 4.56. The highest BCUT2D eigenvalue weighted by Gasteiger charge is 2.33. The summed E-state index contributed by atoms with van der Waals surface area (Å²) >= 11 is 1.26. The van der Waals surface area contributed by atoms with Crippen molar-refractivity contribution in [3.63, 3.8) is 0 Å². The van der Waals surface area contributed by atoms with E-state index in [1.807, 2.05) is 42.6 Å². The Morgan fingerprint density at radius 3 is 2.56 bits per heavy atom. The first kappa shape index (κ1) is 19.6. The summed E-state index contributed by atoms with van der Waals surface area (Å²) < 4.78 is 28.3. The van der Waals surface area contributed by atoms with Crippen molar-refractivity contribution in [1.29, 1.82) is 0 Å². The second-order valence-corrected chi connectivity index (χ2v) is 9.81. The monoisotopic (exact) mass is 407 g/mol. The Kier molecular flexibility index (Phi) is 5.67. The molecule has 6 nitrogen and oxygen atoms in total. The predicted molar refractivity (Wildman–Crippen MR) is 105 cm³/mol. The van der Waals surface area contributed by atoms with E-state index in [4.69, 9.17) is 4.74 Å². The molecule has 8 heteroatoms. The summed E-state index contributed by atoms with van der Waals surface area (Å²) in [5, 5.41) is 1.81. The number of benzene rings is 1.